The first kappa shape index (κ1) is 8.81. The summed E-state index contributed by atoms with van der Waals surface area (Å²) < 4.78 is 1.82. The molecule has 0 aliphatic rings. The second kappa shape index (κ2) is 2.87. The number of carboxylic acids is 1. The van der Waals surface area contributed by atoms with E-state index in [1.165, 1.54) is 0 Å². The number of carboxylic acid groups (broad SMARTS) is 1. The predicted octanol–water partition coefficient (Wildman–Crippen LogP) is 0.850. The number of carbonyl (C=O) groups excluding carboxylic acids is 1. The molecule has 3 heteroatoms. The van der Waals surface area contributed by atoms with E-state index < -0.39 is 5.97 Å². The van der Waals surface area contributed by atoms with Crippen molar-refractivity contribution < 1.29 is 9.90 Å². The number of nitrogens with zero attached hydrogens (tertiary/aromatic N) is 1. The summed E-state index contributed by atoms with van der Waals surface area (Å²) in [5.41, 5.74) is 2.27. The number of carbonyl (C=O) groups is 1. The molecule has 0 atom stereocenters. The van der Waals surface area contributed by atoms with Crippen molar-refractivity contribution in [3.8, 4) is 0 Å². The molecular weight excluding hydrogens is 178 g/mol. The van der Waals surface area contributed by atoms with Crippen LogP contribution in [-0.2, 0) is 7.05 Å². The van der Waals surface area contributed by atoms with Crippen molar-refractivity contribution in [1.29, 1.82) is 0 Å². The molecule has 0 radical (unpaired) electrons. The fraction of sp³-hybridized carbons (Fsp3) is 0.182. The zero-order chi connectivity index (χ0) is 10.3. The van der Waals surface area contributed by atoms with E-state index in [1.807, 2.05) is 30.7 Å². The van der Waals surface area contributed by atoms with Gasteiger partial charge in [-0.3, -0.25) is 0 Å². The van der Waals surface area contributed by atoms with Crippen molar-refractivity contribution in [3.05, 3.63) is 35.5 Å². The van der Waals surface area contributed by atoms with Gasteiger partial charge in [-0.15, -0.1) is 0 Å². The molecule has 0 aliphatic carbocycles. The minimum absolute atomic E-state index is 0.256. The minimum Gasteiger partial charge on any atom is -0.545 e. The van der Waals surface area contributed by atoms with Crippen molar-refractivity contribution in [2.45, 2.75) is 6.92 Å². The van der Waals surface area contributed by atoms with Gasteiger partial charge in [-0.2, -0.15) is 0 Å². The van der Waals surface area contributed by atoms with Gasteiger partial charge in [0, 0.05) is 24.2 Å². The molecule has 0 saturated carbocycles. The highest BCUT2D eigenvalue weighted by molar-refractivity contribution is 6.03. The van der Waals surface area contributed by atoms with Gasteiger partial charge in [0.1, 0.15) is 0 Å². The van der Waals surface area contributed by atoms with Crippen LogP contribution in [0.4, 0.5) is 0 Å². The fourth-order valence-corrected chi connectivity index (χ4v) is 1.83. The van der Waals surface area contributed by atoms with E-state index in [-0.39, 0.29) is 5.56 Å². The number of rotatable bonds is 1. The second-order valence-electron chi connectivity index (χ2n) is 3.41. The number of aryl methyl sites for hydroxylation is 2. The molecule has 0 unspecified atom stereocenters. The molecule has 0 N–H and O–H groups in total. The summed E-state index contributed by atoms with van der Waals surface area (Å²) in [6, 6.07) is 5.61. The molecule has 0 bridgehead atoms. The molecule has 3 nitrogen and oxygen atoms in total. The van der Waals surface area contributed by atoms with Crippen molar-refractivity contribution in [1.82, 2.24) is 4.57 Å². The van der Waals surface area contributed by atoms with Crippen molar-refractivity contribution >= 4 is 16.9 Å². The van der Waals surface area contributed by atoms with Crippen LogP contribution >= 0.6 is 0 Å². The standard InChI is InChI=1S/C11H11NO2/c1-7-4-3-5-8-9(11(13)14)6-12(2)10(7)8/h3-6H,1-2H3,(H,13,14)/p-1. The third-order valence-electron chi connectivity index (χ3n) is 2.42. The monoisotopic (exact) mass is 188 g/mol. The van der Waals surface area contributed by atoms with Gasteiger partial charge >= 0.3 is 0 Å². The Hall–Kier alpha value is -1.77. The van der Waals surface area contributed by atoms with Gasteiger partial charge < -0.3 is 14.5 Å². The fourth-order valence-electron chi connectivity index (χ4n) is 1.83. The van der Waals surface area contributed by atoms with Crippen LogP contribution in [0, 0.1) is 6.92 Å². The lowest BCUT2D eigenvalue weighted by Crippen LogP contribution is -2.21. The first-order valence-electron chi connectivity index (χ1n) is 4.37. The SMILES string of the molecule is Cc1cccc2c(C(=O)[O-])cn(C)c12. The minimum atomic E-state index is -1.12. The van der Waals surface area contributed by atoms with E-state index in [0.29, 0.717) is 0 Å². The summed E-state index contributed by atoms with van der Waals surface area (Å²) in [7, 11) is 1.84. The topological polar surface area (TPSA) is 45.1 Å². The van der Waals surface area contributed by atoms with Gasteiger partial charge in [0.05, 0.1) is 11.5 Å². The quantitative estimate of drug-likeness (QED) is 0.666. The number of aromatic nitrogens is 1. The summed E-state index contributed by atoms with van der Waals surface area (Å²) in [4.78, 5) is 10.8. The van der Waals surface area contributed by atoms with Crippen LogP contribution < -0.4 is 5.11 Å². The van der Waals surface area contributed by atoms with E-state index in [2.05, 4.69) is 0 Å². The van der Waals surface area contributed by atoms with Crippen LogP contribution in [0.2, 0.25) is 0 Å². The van der Waals surface area contributed by atoms with Crippen LogP contribution in [0.15, 0.2) is 24.4 Å². The smallest absolute Gasteiger partial charge is 0.0736 e. The number of fused-ring (bicyclic) bond motifs is 1. The van der Waals surface area contributed by atoms with Gasteiger partial charge in [-0.1, -0.05) is 18.2 Å². The summed E-state index contributed by atoms with van der Waals surface area (Å²) in [6.45, 7) is 1.96. The van der Waals surface area contributed by atoms with E-state index in [4.69, 9.17) is 0 Å². The van der Waals surface area contributed by atoms with Crippen LogP contribution in [0.3, 0.4) is 0 Å². The van der Waals surface area contributed by atoms with Crippen molar-refractivity contribution in [2.24, 2.45) is 7.05 Å². The Bertz CT molecular complexity index is 511. The zero-order valence-electron chi connectivity index (χ0n) is 8.07. The van der Waals surface area contributed by atoms with Crippen molar-refractivity contribution in [2.75, 3.05) is 0 Å². The van der Waals surface area contributed by atoms with Crippen LogP contribution in [0.5, 0.6) is 0 Å². The summed E-state index contributed by atoms with van der Waals surface area (Å²) in [5, 5.41) is 11.6. The predicted molar refractivity (Wildman–Crippen MR) is 52.0 cm³/mol. The van der Waals surface area contributed by atoms with Gasteiger partial charge in [-0.25, -0.2) is 0 Å². The van der Waals surface area contributed by atoms with E-state index in [1.54, 1.807) is 12.3 Å². The number of benzene rings is 1. The van der Waals surface area contributed by atoms with Crippen LogP contribution in [-0.4, -0.2) is 10.5 Å². The maximum absolute atomic E-state index is 10.8. The van der Waals surface area contributed by atoms with Gasteiger partial charge in [-0.05, 0) is 12.5 Å². The molecule has 1 aromatic heterocycles. The lowest BCUT2D eigenvalue weighted by atomic mass is 10.1. The second-order valence-corrected chi connectivity index (χ2v) is 3.41. The third-order valence-corrected chi connectivity index (χ3v) is 2.42. The van der Waals surface area contributed by atoms with Gasteiger partial charge in [0.25, 0.3) is 0 Å². The van der Waals surface area contributed by atoms with E-state index in [9.17, 15) is 9.90 Å². The number of aromatic carboxylic acids is 1. The number of para-hydroxylation sites is 1. The molecule has 2 aromatic rings. The number of hydrogen-bond acceptors (Lipinski definition) is 2. The Balaban J connectivity index is 2.91. The highest BCUT2D eigenvalue weighted by Gasteiger charge is 2.07. The Morgan fingerprint density at radius 1 is 1.43 bits per heavy atom. The van der Waals surface area contributed by atoms with E-state index in [0.717, 1.165) is 16.5 Å². The van der Waals surface area contributed by atoms with Crippen LogP contribution in [0.25, 0.3) is 10.9 Å². The average molecular weight is 188 g/mol. The largest absolute Gasteiger partial charge is 0.545 e. The lowest BCUT2D eigenvalue weighted by molar-refractivity contribution is -0.254. The maximum Gasteiger partial charge on any atom is 0.0736 e. The molecule has 0 amide bonds. The molecule has 0 fully saturated rings. The molecule has 0 saturated heterocycles. The van der Waals surface area contributed by atoms with E-state index >= 15 is 0 Å². The highest BCUT2D eigenvalue weighted by atomic mass is 16.4. The highest BCUT2D eigenvalue weighted by Crippen LogP contribution is 2.22. The Kier molecular flexibility index (Phi) is 1.81. The normalized spacial score (nSPS) is 10.7. The Morgan fingerprint density at radius 2 is 2.14 bits per heavy atom. The summed E-state index contributed by atoms with van der Waals surface area (Å²) in [5.74, 6) is -1.12. The summed E-state index contributed by atoms with van der Waals surface area (Å²) in [6.07, 6.45) is 1.59. The Morgan fingerprint density at radius 3 is 2.79 bits per heavy atom. The lowest BCUT2D eigenvalue weighted by Gasteiger charge is -2.00. The summed E-state index contributed by atoms with van der Waals surface area (Å²) >= 11 is 0. The molecule has 14 heavy (non-hydrogen) atoms. The zero-order valence-corrected chi connectivity index (χ0v) is 8.07. The van der Waals surface area contributed by atoms with Crippen LogP contribution in [0.1, 0.15) is 15.9 Å². The van der Waals surface area contributed by atoms with Gasteiger partial charge in [0.15, 0.2) is 0 Å². The molecule has 2 rings (SSSR count). The number of hydrogen-bond donors (Lipinski definition) is 0. The Labute approximate surface area is 81.6 Å². The van der Waals surface area contributed by atoms with Gasteiger partial charge in [0.2, 0.25) is 0 Å². The van der Waals surface area contributed by atoms with Crippen molar-refractivity contribution in [3.63, 3.8) is 0 Å². The molecule has 1 aromatic carbocycles. The average Bonchev–Trinajstić information content (AvgIpc) is 2.45. The first-order valence-corrected chi connectivity index (χ1v) is 4.37. The first-order chi connectivity index (χ1) is 6.61. The maximum atomic E-state index is 10.8. The molecule has 0 spiro atoms. The molecule has 72 valence electrons. The third kappa shape index (κ3) is 1.09. The molecule has 0 aliphatic heterocycles. The molecular formula is C11H10NO2-. The molecule has 1 heterocycles.